The largest absolute Gasteiger partial charge is 0.493 e. The number of carboxylic acid groups (broad SMARTS) is 1. The monoisotopic (exact) mass is 369 g/mol. The van der Waals surface area contributed by atoms with Crippen LogP contribution in [0.5, 0.6) is 11.5 Å². The van der Waals surface area contributed by atoms with Crippen molar-refractivity contribution >= 4 is 21.9 Å². The standard InChI is InChI=1S/C16H20BrNO4/c1-3-7-22-15-12(17)8-11(9-14(15)21-2)10-18-6-4-5-13(18)16(19)20/h3,8-9,13H,1,4-7,10H2,2H3,(H,19,20). The number of carbonyl (C=O) groups is 1. The number of carboxylic acids is 1. The Bertz CT molecular complexity index is 561. The SMILES string of the molecule is C=CCOc1c(Br)cc(CN2CCCC2C(=O)O)cc1OC. The van der Waals surface area contributed by atoms with Crippen LogP contribution in [0.25, 0.3) is 0 Å². The van der Waals surface area contributed by atoms with Gasteiger partial charge in [0.15, 0.2) is 11.5 Å². The number of benzene rings is 1. The summed E-state index contributed by atoms with van der Waals surface area (Å²) in [6.07, 6.45) is 3.28. The van der Waals surface area contributed by atoms with Crippen molar-refractivity contribution in [2.75, 3.05) is 20.3 Å². The smallest absolute Gasteiger partial charge is 0.320 e. The van der Waals surface area contributed by atoms with Crippen LogP contribution in [-0.2, 0) is 11.3 Å². The molecule has 1 heterocycles. The van der Waals surface area contributed by atoms with Crippen molar-refractivity contribution in [1.29, 1.82) is 0 Å². The Labute approximate surface area is 138 Å². The summed E-state index contributed by atoms with van der Waals surface area (Å²) in [6, 6.07) is 3.43. The van der Waals surface area contributed by atoms with Crippen LogP contribution in [0.4, 0.5) is 0 Å². The van der Waals surface area contributed by atoms with E-state index in [4.69, 9.17) is 9.47 Å². The normalized spacial score (nSPS) is 18.2. The van der Waals surface area contributed by atoms with Crippen molar-refractivity contribution in [3.8, 4) is 11.5 Å². The van der Waals surface area contributed by atoms with E-state index >= 15 is 0 Å². The van der Waals surface area contributed by atoms with E-state index in [9.17, 15) is 9.90 Å². The lowest BCUT2D eigenvalue weighted by atomic mass is 10.1. The van der Waals surface area contributed by atoms with Crippen molar-refractivity contribution < 1.29 is 19.4 Å². The van der Waals surface area contributed by atoms with Gasteiger partial charge in [-0.1, -0.05) is 12.7 Å². The number of halogens is 1. The van der Waals surface area contributed by atoms with E-state index in [1.54, 1.807) is 13.2 Å². The van der Waals surface area contributed by atoms with E-state index in [2.05, 4.69) is 22.5 Å². The molecular formula is C16H20BrNO4. The molecule has 1 aromatic carbocycles. The van der Waals surface area contributed by atoms with Gasteiger partial charge in [-0.2, -0.15) is 0 Å². The first-order valence-electron chi connectivity index (χ1n) is 7.13. The van der Waals surface area contributed by atoms with Gasteiger partial charge in [-0.15, -0.1) is 0 Å². The first-order valence-corrected chi connectivity index (χ1v) is 7.93. The number of likely N-dealkylation sites (tertiary alicyclic amines) is 1. The van der Waals surface area contributed by atoms with Crippen molar-refractivity contribution in [2.45, 2.75) is 25.4 Å². The molecule has 1 unspecified atom stereocenters. The van der Waals surface area contributed by atoms with Gasteiger partial charge in [0.25, 0.3) is 0 Å². The van der Waals surface area contributed by atoms with Crippen LogP contribution in [0.3, 0.4) is 0 Å². The van der Waals surface area contributed by atoms with Gasteiger partial charge in [0.1, 0.15) is 12.6 Å². The third-order valence-corrected chi connectivity index (χ3v) is 4.26. The van der Waals surface area contributed by atoms with Crippen molar-refractivity contribution in [2.24, 2.45) is 0 Å². The highest BCUT2D eigenvalue weighted by atomic mass is 79.9. The van der Waals surface area contributed by atoms with Gasteiger partial charge in [0, 0.05) is 6.54 Å². The Morgan fingerprint density at radius 3 is 3.00 bits per heavy atom. The number of methoxy groups -OCH3 is 1. The summed E-state index contributed by atoms with van der Waals surface area (Å²) >= 11 is 3.49. The number of hydrogen-bond donors (Lipinski definition) is 1. The Morgan fingerprint density at radius 1 is 1.59 bits per heavy atom. The third kappa shape index (κ3) is 3.81. The van der Waals surface area contributed by atoms with E-state index < -0.39 is 12.0 Å². The highest BCUT2D eigenvalue weighted by molar-refractivity contribution is 9.10. The Morgan fingerprint density at radius 2 is 2.36 bits per heavy atom. The second-order valence-electron chi connectivity index (χ2n) is 5.18. The van der Waals surface area contributed by atoms with Crippen LogP contribution < -0.4 is 9.47 Å². The Balaban J connectivity index is 2.19. The predicted molar refractivity (Wildman–Crippen MR) is 87.5 cm³/mol. The van der Waals surface area contributed by atoms with Crippen LogP contribution in [0, 0.1) is 0 Å². The molecule has 0 aliphatic carbocycles. The summed E-state index contributed by atoms with van der Waals surface area (Å²) in [7, 11) is 1.59. The molecule has 1 aliphatic heterocycles. The van der Waals surface area contributed by atoms with E-state index in [0.29, 0.717) is 31.1 Å². The van der Waals surface area contributed by atoms with Crippen molar-refractivity contribution in [3.63, 3.8) is 0 Å². The molecule has 0 spiro atoms. The number of aliphatic carboxylic acids is 1. The number of hydrogen-bond acceptors (Lipinski definition) is 4. The first-order chi connectivity index (χ1) is 10.6. The Kier molecular flexibility index (Phi) is 5.85. The molecule has 1 aliphatic rings. The molecule has 1 N–H and O–H groups in total. The van der Waals surface area contributed by atoms with Crippen LogP contribution in [0.1, 0.15) is 18.4 Å². The molecule has 0 aromatic heterocycles. The first kappa shape index (κ1) is 16.8. The minimum atomic E-state index is -0.755. The topological polar surface area (TPSA) is 59.0 Å². The van der Waals surface area contributed by atoms with E-state index in [-0.39, 0.29) is 0 Å². The molecule has 120 valence electrons. The molecule has 1 aromatic rings. The maximum absolute atomic E-state index is 11.3. The van der Waals surface area contributed by atoms with Gasteiger partial charge in [-0.25, -0.2) is 0 Å². The molecule has 6 heteroatoms. The maximum Gasteiger partial charge on any atom is 0.320 e. The summed E-state index contributed by atoms with van der Waals surface area (Å²) in [5, 5.41) is 9.25. The molecule has 0 bridgehead atoms. The van der Waals surface area contributed by atoms with Crippen LogP contribution in [0.2, 0.25) is 0 Å². The quantitative estimate of drug-likeness (QED) is 0.748. The molecule has 0 saturated carbocycles. The van der Waals surface area contributed by atoms with Crippen molar-refractivity contribution in [1.82, 2.24) is 4.90 Å². The molecule has 0 amide bonds. The van der Waals surface area contributed by atoms with Gasteiger partial charge in [-0.05, 0) is 53.0 Å². The fourth-order valence-corrected chi connectivity index (χ4v) is 3.28. The minimum absolute atomic E-state index is 0.390. The van der Waals surface area contributed by atoms with Crippen LogP contribution >= 0.6 is 15.9 Å². The summed E-state index contributed by atoms with van der Waals surface area (Å²) in [6.45, 7) is 5.39. The van der Waals surface area contributed by atoms with Gasteiger partial charge in [-0.3, -0.25) is 9.69 Å². The van der Waals surface area contributed by atoms with Gasteiger partial charge in [0.05, 0.1) is 11.6 Å². The number of nitrogens with zero attached hydrogens (tertiary/aromatic N) is 1. The Hall–Kier alpha value is -1.53. The summed E-state index contributed by atoms with van der Waals surface area (Å²) in [4.78, 5) is 13.2. The highest BCUT2D eigenvalue weighted by Crippen LogP contribution is 2.37. The fourth-order valence-electron chi connectivity index (χ4n) is 2.68. The molecule has 22 heavy (non-hydrogen) atoms. The lowest BCUT2D eigenvalue weighted by Gasteiger charge is -2.22. The molecule has 1 atom stereocenters. The van der Waals surface area contributed by atoms with Crippen molar-refractivity contribution in [3.05, 3.63) is 34.8 Å². The van der Waals surface area contributed by atoms with Gasteiger partial charge in [0.2, 0.25) is 0 Å². The van der Waals surface area contributed by atoms with Gasteiger partial charge < -0.3 is 14.6 Å². The molecule has 0 radical (unpaired) electrons. The maximum atomic E-state index is 11.3. The summed E-state index contributed by atoms with van der Waals surface area (Å²) in [5.41, 5.74) is 0.989. The van der Waals surface area contributed by atoms with Crippen LogP contribution in [0.15, 0.2) is 29.3 Å². The number of ether oxygens (including phenoxy) is 2. The average Bonchev–Trinajstić information content (AvgIpc) is 2.94. The summed E-state index contributed by atoms with van der Waals surface area (Å²) < 4.78 is 11.8. The summed E-state index contributed by atoms with van der Waals surface area (Å²) in [5.74, 6) is 0.495. The second kappa shape index (κ2) is 7.65. The molecule has 1 saturated heterocycles. The second-order valence-corrected chi connectivity index (χ2v) is 6.03. The van der Waals surface area contributed by atoms with Crippen LogP contribution in [-0.4, -0.2) is 42.3 Å². The molecule has 2 rings (SSSR count). The number of rotatable bonds is 7. The zero-order valence-electron chi connectivity index (χ0n) is 12.5. The lowest BCUT2D eigenvalue weighted by molar-refractivity contribution is -0.142. The molecule has 5 nitrogen and oxygen atoms in total. The fraction of sp³-hybridized carbons (Fsp3) is 0.438. The van der Waals surface area contributed by atoms with Gasteiger partial charge >= 0.3 is 5.97 Å². The minimum Gasteiger partial charge on any atom is -0.493 e. The third-order valence-electron chi connectivity index (χ3n) is 3.67. The average molecular weight is 370 g/mol. The van der Waals surface area contributed by atoms with E-state index in [1.807, 2.05) is 17.0 Å². The van der Waals surface area contributed by atoms with E-state index in [1.165, 1.54) is 0 Å². The lowest BCUT2D eigenvalue weighted by Crippen LogP contribution is -2.35. The highest BCUT2D eigenvalue weighted by Gasteiger charge is 2.30. The zero-order valence-corrected chi connectivity index (χ0v) is 14.1. The molecular weight excluding hydrogens is 350 g/mol. The van der Waals surface area contributed by atoms with E-state index in [0.717, 1.165) is 23.0 Å². The predicted octanol–water partition coefficient (Wildman–Crippen LogP) is 3.07. The zero-order chi connectivity index (χ0) is 16.1. The molecule has 1 fully saturated rings.